The molecule has 21 heavy (non-hydrogen) atoms. The van der Waals surface area contributed by atoms with Gasteiger partial charge in [0, 0.05) is 30.0 Å². The van der Waals surface area contributed by atoms with Crippen molar-refractivity contribution in [3.05, 3.63) is 23.8 Å². The van der Waals surface area contributed by atoms with Gasteiger partial charge in [-0.15, -0.1) is 0 Å². The number of rotatable bonds is 4. The molecule has 0 bridgehead atoms. The van der Waals surface area contributed by atoms with E-state index < -0.39 is 0 Å². The minimum atomic E-state index is -0.182. The van der Waals surface area contributed by atoms with Gasteiger partial charge in [0.1, 0.15) is 6.04 Å². The zero-order valence-corrected chi connectivity index (χ0v) is 12.8. The maximum atomic E-state index is 12.1. The fraction of sp³-hybridized carbons (Fsp3) is 0.588. The third-order valence-corrected chi connectivity index (χ3v) is 4.44. The fourth-order valence-corrected chi connectivity index (χ4v) is 3.27. The summed E-state index contributed by atoms with van der Waals surface area (Å²) in [4.78, 5) is 14.5. The monoisotopic (exact) mass is 287 g/mol. The molecule has 1 atom stereocenters. The Balaban J connectivity index is 1.79. The highest BCUT2D eigenvalue weighted by Gasteiger charge is 2.30. The van der Waals surface area contributed by atoms with Crippen LogP contribution in [0, 0.1) is 0 Å². The summed E-state index contributed by atoms with van der Waals surface area (Å²) in [7, 11) is 0. The van der Waals surface area contributed by atoms with E-state index >= 15 is 0 Å². The molecule has 0 spiro atoms. The molecule has 1 aromatic carbocycles. The Kier molecular flexibility index (Phi) is 4.44. The number of hydrogen-bond donors (Lipinski definition) is 2. The van der Waals surface area contributed by atoms with Crippen LogP contribution < -0.4 is 15.5 Å². The van der Waals surface area contributed by atoms with Crippen LogP contribution in [0.25, 0.3) is 0 Å². The minimum absolute atomic E-state index is 0.0754. The quantitative estimate of drug-likeness (QED) is 0.894. The van der Waals surface area contributed by atoms with Crippen LogP contribution in [-0.2, 0) is 4.79 Å². The molecule has 1 fully saturated rings. The van der Waals surface area contributed by atoms with Crippen LogP contribution >= 0.6 is 0 Å². The lowest BCUT2D eigenvalue weighted by molar-refractivity contribution is -0.117. The highest BCUT2D eigenvalue weighted by molar-refractivity contribution is 6.03. The highest BCUT2D eigenvalue weighted by atomic mass is 16.2. The van der Waals surface area contributed by atoms with Gasteiger partial charge < -0.3 is 15.5 Å². The van der Waals surface area contributed by atoms with Crippen molar-refractivity contribution in [2.45, 2.75) is 45.1 Å². The number of benzene rings is 1. The molecule has 114 valence electrons. The van der Waals surface area contributed by atoms with Crippen LogP contribution in [0.2, 0.25) is 0 Å². The second kappa shape index (κ2) is 6.48. The molecule has 2 heterocycles. The second-order valence-corrected chi connectivity index (χ2v) is 6.05. The molecule has 2 N–H and O–H groups in total. The van der Waals surface area contributed by atoms with Crippen molar-refractivity contribution in [2.24, 2.45) is 0 Å². The van der Waals surface area contributed by atoms with Gasteiger partial charge in [-0.25, -0.2) is 0 Å². The number of nitrogens with zero attached hydrogens (tertiary/aromatic N) is 1. The van der Waals surface area contributed by atoms with Gasteiger partial charge in [-0.3, -0.25) is 4.79 Å². The molecule has 1 unspecified atom stereocenters. The van der Waals surface area contributed by atoms with E-state index in [1.807, 2.05) is 0 Å². The maximum Gasteiger partial charge on any atom is 0.246 e. The number of nitrogens with one attached hydrogen (secondary N) is 2. The van der Waals surface area contributed by atoms with E-state index in [0.717, 1.165) is 37.3 Å². The predicted molar refractivity (Wildman–Crippen MR) is 86.8 cm³/mol. The molecule has 1 aromatic rings. The SMILES string of the molecule is CCCNC1C(=O)Nc2cc(N3CCCCCC3)ccc21. The van der Waals surface area contributed by atoms with Crippen molar-refractivity contribution in [1.82, 2.24) is 5.32 Å². The Morgan fingerprint density at radius 1 is 1.24 bits per heavy atom. The molecule has 1 saturated heterocycles. The lowest BCUT2D eigenvalue weighted by atomic mass is 10.1. The van der Waals surface area contributed by atoms with E-state index in [-0.39, 0.29) is 11.9 Å². The van der Waals surface area contributed by atoms with E-state index in [2.05, 4.69) is 40.7 Å². The first-order valence-corrected chi connectivity index (χ1v) is 8.22. The number of hydrogen-bond acceptors (Lipinski definition) is 3. The summed E-state index contributed by atoms with van der Waals surface area (Å²) in [5.74, 6) is 0.0754. The Hall–Kier alpha value is -1.55. The molecule has 2 aliphatic heterocycles. The Labute approximate surface area is 126 Å². The molecule has 4 heteroatoms. The summed E-state index contributed by atoms with van der Waals surface area (Å²) in [6.45, 7) is 5.24. The summed E-state index contributed by atoms with van der Waals surface area (Å²) in [6, 6.07) is 6.25. The molecule has 1 amide bonds. The molecular formula is C17H25N3O. The molecule has 0 aliphatic carbocycles. The largest absolute Gasteiger partial charge is 0.371 e. The molecule has 2 aliphatic rings. The molecule has 4 nitrogen and oxygen atoms in total. The average molecular weight is 287 g/mol. The van der Waals surface area contributed by atoms with Crippen molar-refractivity contribution in [1.29, 1.82) is 0 Å². The third kappa shape index (κ3) is 3.05. The number of carbonyl (C=O) groups is 1. The first-order chi connectivity index (χ1) is 10.3. The summed E-state index contributed by atoms with van der Waals surface area (Å²) >= 11 is 0. The Morgan fingerprint density at radius 3 is 2.71 bits per heavy atom. The van der Waals surface area contributed by atoms with Gasteiger partial charge in [0.15, 0.2) is 0 Å². The van der Waals surface area contributed by atoms with Gasteiger partial charge in [-0.1, -0.05) is 25.8 Å². The van der Waals surface area contributed by atoms with E-state index in [0.29, 0.717) is 0 Å². The summed E-state index contributed by atoms with van der Waals surface area (Å²) in [5.41, 5.74) is 3.31. The molecule has 0 radical (unpaired) electrons. The van der Waals surface area contributed by atoms with Crippen molar-refractivity contribution < 1.29 is 4.79 Å². The van der Waals surface area contributed by atoms with E-state index in [4.69, 9.17) is 0 Å². The fourth-order valence-electron chi connectivity index (χ4n) is 3.27. The predicted octanol–water partition coefficient (Wildman–Crippen LogP) is 3.06. The van der Waals surface area contributed by atoms with E-state index in [1.165, 1.54) is 31.4 Å². The smallest absolute Gasteiger partial charge is 0.246 e. The molecular weight excluding hydrogens is 262 g/mol. The third-order valence-electron chi connectivity index (χ3n) is 4.44. The second-order valence-electron chi connectivity index (χ2n) is 6.05. The number of fused-ring (bicyclic) bond motifs is 1. The summed E-state index contributed by atoms with van der Waals surface area (Å²) in [5, 5.41) is 6.34. The standard InChI is InChI=1S/C17H25N3O/c1-2-9-18-16-14-8-7-13(12-15(14)19-17(16)21)20-10-5-3-4-6-11-20/h7-8,12,16,18H,2-6,9-11H2,1H3,(H,19,21). The lowest BCUT2D eigenvalue weighted by Gasteiger charge is -2.23. The van der Waals surface area contributed by atoms with Crippen molar-refractivity contribution >= 4 is 17.3 Å². The topological polar surface area (TPSA) is 44.4 Å². The highest BCUT2D eigenvalue weighted by Crippen LogP contribution is 2.34. The van der Waals surface area contributed by atoms with Crippen molar-refractivity contribution in [2.75, 3.05) is 29.9 Å². The van der Waals surface area contributed by atoms with Crippen molar-refractivity contribution in [3.63, 3.8) is 0 Å². The average Bonchev–Trinajstić information content (AvgIpc) is 2.69. The minimum Gasteiger partial charge on any atom is -0.371 e. The van der Waals surface area contributed by atoms with Crippen LogP contribution in [0.15, 0.2) is 18.2 Å². The zero-order valence-electron chi connectivity index (χ0n) is 12.8. The Morgan fingerprint density at radius 2 is 2.00 bits per heavy atom. The maximum absolute atomic E-state index is 12.1. The number of amides is 1. The van der Waals surface area contributed by atoms with Crippen molar-refractivity contribution in [3.8, 4) is 0 Å². The van der Waals surface area contributed by atoms with Crippen LogP contribution in [0.5, 0.6) is 0 Å². The van der Waals surface area contributed by atoms with Crippen LogP contribution in [0.3, 0.4) is 0 Å². The van der Waals surface area contributed by atoms with Crippen LogP contribution in [0.1, 0.15) is 50.6 Å². The van der Waals surface area contributed by atoms with Gasteiger partial charge in [0.05, 0.1) is 0 Å². The van der Waals surface area contributed by atoms with Gasteiger partial charge in [-0.2, -0.15) is 0 Å². The van der Waals surface area contributed by atoms with Gasteiger partial charge in [-0.05, 0) is 37.9 Å². The first kappa shape index (κ1) is 14.4. The van der Waals surface area contributed by atoms with Crippen LogP contribution in [0.4, 0.5) is 11.4 Å². The first-order valence-electron chi connectivity index (χ1n) is 8.22. The summed E-state index contributed by atoms with van der Waals surface area (Å²) in [6.07, 6.45) is 6.24. The molecule has 0 aromatic heterocycles. The zero-order chi connectivity index (χ0) is 14.7. The van der Waals surface area contributed by atoms with Gasteiger partial charge >= 0.3 is 0 Å². The summed E-state index contributed by atoms with van der Waals surface area (Å²) < 4.78 is 0. The number of anilines is 2. The lowest BCUT2D eigenvalue weighted by Crippen LogP contribution is -2.28. The Bertz CT molecular complexity index is 507. The molecule has 0 saturated carbocycles. The normalized spacial score (nSPS) is 21.9. The van der Waals surface area contributed by atoms with Gasteiger partial charge in [0.2, 0.25) is 5.91 Å². The van der Waals surface area contributed by atoms with Crippen LogP contribution in [-0.4, -0.2) is 25.5 Å². The van der Waals surface area contributed by atoms with E-state index in [9.17, 15) is 4.79 Å². The molecule has 3 rings (SSSR count). The van der Waals surface area contributed by atoms with Gasteiger partial charge in [0.25, 0.3) is 0 Å². The number of carbonyl (C=O) groups excluding carboxylic acids is 1. The van der Waals surface area contributed by atoms with E-state index in [1.54, 1.807) is 0 Å².